The average Bonchev–Trinajstić information content (AvgIpc) is 2.94. The first-order chi connectivity index (χ1) is 6.25. The third-order valence-corrected chi connectivity index (χ3v) is 3.70. The second-order valence-corrected chi connectivity index (χ2v) is 5.10. The van der Waals surface area contributed by atoms with Gasteiger partial charge < -0.3 is 4.90 Å². The Morgan fingerprint density at radius 3 is 2.54 bits per heavy atom. The molecule has 1 atom stereocenters. The molecule has 0 aromatic rings. The van der Waals surface area contributed by atoms with Gasteiger partial charge in [0, 0.05) is 11.4 Å². The maximum Gasteiger partial charge on any atom is 0.00921 e. The largest absolute Gasteiger partial charge is 0.303 e. The zero-order valence-electron chi connectivity index (χ0n) is 8.93. The van der Waals surface area contributed by atoms with Crippen molar-refractivity contribution in [3.8, 4) is 0 Å². The van der Waals surface area contributed by atoms with Crippen molar-refractivity contribution in [3.05, 3.63) is 0 Å². The smallest absolute Gasteiger partial charge is 0.00921 e. The first-order valence-electron chi connectivity index (χ1n) is 5.52. The van der Waals surface area contributed by atoms with Gasteiger partial charge in [-0.1, -0.05) is 22.4 Å². The number of hydrogen-bond donors (Lipinski definition) is 0. The van der Waals surface area contributed by atoms with E-state index in [0.717, 1.165) is 17.3 Å². The monoisotopic (exact) mass is 247 g/mol. The summed E-state index contributed by atoms with van der Waals surface area (Å²) in [6, 6.07) is 0.823. The van der Waals surface area contributed by atoms with Gasteiger partial charge in [-0.3, -0.25) is 0 Å². The van der Waals surface area contributed by atoms with Crippen molar-refractivity contribution in [1.29, 1.82) is 0 Å². The predicted molar refractivity (Wildman–Crippen MR) is 62.5 cm³/mol. The minimum atomic E-state index is 0.823. The molecule has 1 aliphatic carbocycles. The zero-order valence-corrected chi connectivity index (χ0v) is 10.5. The molecule has 0 N–H and O–H groups in total. The van der Waals surface area contributed by atoms with Crippen LogP contribution < -0.4 is 0 Å². The summed E-state index contributed by atoms with van der Waals surface area (Å²) in [5, 5.41) is 1.16. The molecule has 1 rings (SSSR count). The molecule has 0 bridgehead atoms. The Morgan fingerprint density at radius 2 is 2.00 bits per heavy atom. The van der Waals surface area contributed by atoms with E-state index in [1.54, 1.807) is 0 Å². The number of nitrogens with zero attached hydrogens (tertiary/aromatic N) is 1. The molecule has 0 saturated heterocycles. The molecule has 0 radical (unpaired) electrons. The lowest BCUT2D eigenvalue weighted by molar-refractivity contribution is 0.230. The SMILES string of the molecule is CC(C1CC1)N(C)CCCCCBr. The Balaban J connectivity index is 1.99. The van der Waals surface area contributed by atoms with Crippen LogP contribution in [0.1, 0.15) is 39.0 Å². The minimum Gasteiger partial charge on any atom is -0.303 e. The van der Waals surface area contributed by atoms with Crippen molar-refractivity contribution in [2.45, 2.75) is 45.1 Å². The summed E-state index contributed by atoms with van der Waals surface area (Å²) in [5.41, 5.74) is 0. The van der Waals surface area contributed by atoms with E-state index >= 15 is 0 Å². The highest BCUT2D eigenvalue weighted by molar-refractivity contribution is 9.09. The second kappa shape index (κ2) is 6.02. The zero-order chi connectivity index (χ0) is 9.68. The topological polar surface area (TPSA) is 3.24 Å². The summed E-state index contributed by atoms with van der Waals surface area (Å²) in [7, 11) is 2.27. The highest BCUT2D eigenvalue weighted by Gasteiger charge is 2.29. The van der Waals surface area contributed by atoms with Crippen LogP contribution in [0.4, 0.5) is 0 Å². The number of unbranched alkanes of at least 4 members (excludes halogenated alkanes) is 2. The van der Waals surface area contributed by atoms with E-state index in [4.69, 9.17) is 0 Å². The van der Waals surface area contributed by atoms with Crippen molar-refractivity contribution in [1.82, 2.24) is 4.90 Å². The van der Waals surface area contributed by atoms with Crippen LogP contribution in [-0.2, 0) is 0 Å². The van der Waals surface area contributed by atoms with Crippen LogP contribution in [0, 0.1) is 5.92 Å². The summed E-state index contributed by atoms with van der Waals surface area (Å²) in [6.07, 6.45) is 6.98. The van der Waals surface area contributed by atoms with Crippen molar-refractivity contribution < 1.29 is 0 Å². The van der Waals surface area contributed by atoms with E-state index < -0.39 is 0 Å². The molecule has 13 heavy (non-hydrogen) atoms. The van der Waals surface area contributed by atoms with Crippen LogP contribution >= 0.6 is 15.9 Å². The van der Waals surface area contributed by atoms with Crippen LogP contribution in [0.25, 0.3) is 0 Å². The van der Waals surface area contributed by atoms with Gasteiger partial charge in [0.05, 0.1) is 0 Å². The Bertz CT molecular complexity index is 134. The molecule has 0 aromatic carbocycles. The molecular formula is C11H22BrN. The lowest BCUT2D eigenvalue weighted by Gasteiger charge is -2.24. The fourth-order valence-corrected chi connectivity index (χ4v) is 2.17. The highest BCUT2D eigenvalue weighted by Crippen LogP contribution is 2.34. The summed E-state index contributed by atoms with van der Waals surface area (Å²) < 4.78 is 0. The molecule has 0 aliphatic heterocycles. The molecule has 78 valence electrons. The summed E-state index contributed by atoms with van der Waals surface area (Å²) in [6.45, 7) is 3.66. The van der Waals surface area contributed by atoms with Crippen molar-refractivity contribution in [2.75, 3.05) is 18.9 Å². The van der Waals surface area contributed by atoms with Gasteiger partial charge in [0.1, 0.15) is 0 Å². The maximum atomic E-state index is 3.47. The maximum absolute atomic E-state index is 3.47. The van der Waals surface area contributed by atoms with Gasteiger partial charge in [0.15, 0.2) is 0 Å². The highest BCUT2D eigenvalue weighted by atomic mass is 79.9. The molecule has 1 fully saturated rings. The van der Waals surface area contributed by atoms with Gasteiger partial charge in [0.2, 0.25) is 0 Å². The summed E-state index contributed by atoms with van der Waals surface area (Å²) in [5.74, 6) is 1.01. The van der Waals surface area contributed by atoms with Crippen LogP contribution in [0.3, 0.4) is 0 Å². The van der Waals surface area contributed by atoms with E-state index in [1.165, 1.54) is 38.6 Å². The first-order valence-corrected chi connectivity index (χ1v) is 6.64. The van der Waals surface area contributed by atoms with Crippen molar-refractivity contribution >= 4 is 15.9 Å². The first kappa shape index (κ1) is 11.5. The molecule has 0 aromatic heterocycles. The Labute approximate surface area is 91.0 Å². The van der Waals surface area contributed by atoms with Crippen molar-refractivity contribution in [2.24, 2.45) is 5.92 Å². The van der Waals surface area contributed by atoms with Gasteiger partial charge in [0.25, 0.3) is 0 Å². The number of rotatable bonds is 7. The molecule has 0 heterocycles. The molecule has 1 saturated carbocycles. The quantitative estimate of drug-likeness (QED) is 0.493. The third-order valence-electron chi connectivity index (χ3n) is 3.14. The van der Waals surface area contributed by atoms with Gasteiger partial charge in [-0.2, -0.15) is 0 Å². The number of alkyl halides is 1. The van der Waals surface area contributed by atoms with E-state index in [1.807, 2.05) is 0 Å². The fourth-order valence-electron chi connectivity index (χ4n) is 1.77. The number of halogens is 1. The van der Waals surface area contributed by atoms with Crippen LogP contribution in [0.5, 0.6) is 0 Å². The molecule has 2 heteroatoms. The lowest BCUT2D eigenvalue weighted by Crippen LogP contribution is -2.31. The minimum absolute atomic E-state index is 0.823. The third kappa shape index (κ3) is 4.46. The molecule has 1 unspecified atom stereocenters. The Hall–Kier alpha value is 0.440. The molecule has 1 aliphatic rings. The van der Waals surface area contributed by atoms with Gasteiger partial charge >= 0.3 is 0 Å². The molecule has 1 nitrogen and oxygen atoms in total. The summed E-state index contributed by atoms with van der Waals surface area (Å²) in [4.78, 5) is 2.53. The average molecular weight is 248 g/mol. The van der Waals surface area contributed by atoms with E-state index in [2.05, 4.69) is 34.8 Å². The standard InChI is InChI=1S/C11H22BrN/c1-10(11-6-7-11)13(2)9-5-3-4-8-12/h10-11H,3-9H2,1-2H3. The second-order valence-electron chi connectivity index (χ2n) is 4.31. The lowest BCUT2D eigenvalue weighted by atomic mass is 10.1. The Kier molecular flexibility index (Phi) is 5.34. The van der Waals surface area contributed by atoms with E-state index in [9.17, 15) is 0 Å². The predicted octanol–water partition coefficient (Wildman–Crippen LogP) is 3.28. The normalized spacial score (nSPS) is 19.4. The van der Waals surface area contributed by atoms with Gasteiger partial charge in [-0.15, -0.1) is 0 Å². The van der Waals surface area contributed by atoms with Crippen LogP contribution in [0.2, 0.25) is 0 Å². The van der Waals surface area contributed by atoms with Gasteiger partial charge in [-0.05, 0) is 52.1 Å². The van der Waals surface area contributed by atoms with Crippen LogP contribution in [-0.4, -0.2) is 29.9 Å². The molecular weight excluding hydrogens is 226 g/mol. The summed E-state index contributed by atoms with van der Waals surface area (Å²) >= 11 is 3.47. The fraction of sp³-hybridized carbons (Fsp3) is 1.00. The van der Waals surface area contributed by atoms with Crippen molar-refractivity contribution in [3.63, 3.8) is 0 Å². The number of hydrogen-bond acceptors (Lipinski definition) is 1. The Morgan fingerprint density at radius 1 is 1.31 bits per heavy atom. The van der Waals surface area contributed by atoms with E-state index in [0.29, 0.717) is 0 Å². The van der Waals surface area contributed by atoms with E-state index in [-0.39, 0.29) is 0 Å². The van der Waals surface area contributed by atoms with Crippen LogP contribution in [0.15, 0.2) is 0 Å². The molecule has 0 amide bonds. The molecule has 0 spiro atoms. The van der Waals surface area contributed by atoms with Gasteiger partial charge in [-0.25, -0.2) is 0 Å².